The molecule has 1 heterocycles. The molecule has 2 N–H and O–H groups in total. The third-order valence-corrected chi connectivity index (χ3v) is 5.65. The van der Waals surface area contributed by atoms with Crippen LogP contribution in [0, 0.1) is 13.8 Å². The van der Waals surface area contributed by atoms with E-state index in [-0.39, 0.29) is 25.0 Å². The van der Waals surface area contributed by atoms with Crippen LogP contribution in [0.5, 0.6) is 0 Å². The highest BCUT2D eigenvalue weighted by molar-refractivity contribution is 6.01. The molecule has 0 saturated carbocycles. The van der Waals surface area contributed by atoms with Gasteiger partial charge in [0.25, 0.3) is 5.91 Å². The number of aryl methyl sites for hydroxylation is 2. The topological polar surface area (TPSA) is 86.0 Å². The predicted molar refractivity (Wildman–Crippen MR) is 125 cm³/mol. The predicted octanol–water partition coefficient (Wildman–Crippen LogP) is 4.16. The number of aliphatic hydroxyl groups is 1. The smallest absolute Gasteiger partial charge is 0.253 e. The van der Waals surface area contributed by atoms with Crippen molar-refractivity contribution in [3.63, 3.8) is 0 Å². The highest BCUT2D eigenvalue weighted by Gasteiger charge is 2.21. The lowest BCUT2D eigenvalue weighted by molar-refractivity contribution is 0.0767. The number of pyridine rings is 1. The summed E-state index contributed by atoms with van der Waals surface area (Å²) in [6.45, 7) is 4.18. The molecular formula is C26H29N3O3. The van der Waals surface area contributed by atoms with Gasteiger partial charge >= 0.3 is 0 Å². The quantitative estimate of drug-likeness (QED) is 0.319. The van der Waals surface area contributed by atoms with Crippen LogP contribution < -0.4 is 0 Å². The molecule has 1 aromatic heterocycles. The van der Waals surface area contributed by atoms with Gasteiger partial charge in [0, 0.05) is 48.9 Å². The maximum absolute atomic E-state index is 12.5. The molecule has 0 aliphatic carbocycles. The van der Waals surface area contributed by atoms with Crippen LogP contribution in [0.25, 0.3) is 0 Å². The summed E-state index contributed by atoms with van der Waals surface area (Å²) in [5.74, 6) is -0.196. The van der Waals surface area contributed by atoms with Crippen LogP contribution >= 0.6 is 0 Å². The number of aliphatic hydroxyl groups excluding tert-OH is 1. The summed E-state index contributed by atoms with van der Waals surface area (Å²) in [7, 11) is 1.67. The van der Waals surface area contributed by atoms with Gasteiger partial charge in [-0.1, -0.05) is 41.6 Å². The molecule has 0 bridgehead atoms. The summed E-state index contributed by atoms with van der Waals surface area (Å²) in [6, 6.07) is 19.4. The third kappa shape index (κ3) is 5.39. The zero-order chi connectivity index (χ0) is 23.1. The lowest BCUT2D eigenvalue weighted by atomic mass is 9.83. The first-order valence-corrected chi connectivity index (χ1v) is 10.6. The molecular weight excluding hydrogens is 402 g/mol. The average Bonchev–Trinajstić information content (AvgIpc) is 2.80. The Balaban J connectivity index is 1.97. The first-order valence-electron chi connectivity index (χ1n) is 10.6. The fourth-order valence-corrected chi connectivity index (χ4v) is 3.85. The first kappa shape index (κ1) is 23.2. The first-order chi connectivity index (χ1) is 15.4. The van der Waals surface area contributed by atoms with Crippen LogP contribution in [0.3, 0.4) is 0 Å². The number of aromatic nitrogens is 1. The maximum atomic E-state index is 12.5. The third-order valence-electron chi connectivity index (χ3n) is 5.65. The van der Waals surface area contributed by atoms with Crippen LogP contribution in [-0.4, -0.2) is 52.0 Å². The van der Waals surface area contributed by atoms with E-state index in [1.807, 2.05) is 55.5 Å². The molecule has 3 aromatic rings. The van der Waals surface area contributed by atoms with Gasteiger partial charge in [-0.15, -0.1) is 0 Å². The molecule has 0 aliphatic heterocycles. The Labute approximate surface area is 188 Å². The average molecular weight is 432 g/mol. The Morgan fingerprint density at radius 2 is 1.78 bits per heavy atom. The highest BCUT2D eigenvalue weighted by atomic mass is 16.4. The number of likely N-dealkylation sites (N-methyl/N-ethyl adjacent to an activating group) is 1. The second-order valence-corrected chi connectivity index (χ2v) is 7.92. The van der Waals surface area contributed by atoms with E-state index < -0.39 is 0 Å². The van der Waals surface area contributed by atoms with Crippen molar-refractivity contribution in [1.29, 1.82) is 0 Å². The van der Waals surface area contributed by atoms with Gasteiger partial charge in [0.05, 0.1) is 12.3 Å². The Kier molecular flexibility index (Phi) is 7.73. The molecule has 0 radical (unpaired) electrons. The van der Waals surface area contributed by atoms with E-state index in [0.717, 1.165) is 27.9 Å². The van der Waals surface area contributed by atoms with Crippen molar-refractivity contribution in [3.8, 4) is 0 Å². The highest BCUT2D eigenvalue weighted by Crippen LogP contribution is 2.32. The van der Waals surface area contributed by atoms with Crippen molar-refractivity contribution >= 4 is 11.6 Å². The Morgan fingerprint density at radius 1 is 1.06 bits per heavy atom. The van der Waals surface area contributed by atoms with Crippen molar-refractivity contribution in [2.45, 2.75) is 26.2 Å². The van der Waals surface area contributed by atoms with Gasteiger partial charge in [-0.3, -0.25) is 9.78 Å². The summed E-state index contributed by atoms with van der Waals surface area (Å²) >= 11 is 0. The Hall–Kier alpha value is -3.51. The van der Waals surface area contributed by atoms with Crippen LogP contribution in [0.2, 0.25) is 0 Å². The van der Waals surface area contributed by atoms with E-state index in [1.165, 1.54) is 4.90 Å². The van der Waals surface area contributed by atoms with E-state index in [0.29, 0.717) is 17.7 Å². The SMILES string of the molecule is Cc1cc(C(C[C@H](c2ccc(C(=O)N(C)CCO)cc2)c2ccccc2C)=NO)ccn1. The number of carbonyl (C=O) groups excluding carboxylic acids is 1. The number of amides is 1. The number of benzene rings is 2. The number of carbonyl (C=O) groups is 1. The molecule has 0 unspecified atom stereocenters. The van der Waals surface area contributed by atoms with Gasteiger partial charge in [-0.25, -0.2) is 0 Å². The van der Waals surface area contributed by atoms with E-state index >= 15 is 0 Å². The van der Waals surface area contributed by atoms with Crippen molar-refractivity contribution in [1.82, 2.24) is 9.88 Å². The Morgan fingerprint density at radius 3 is 2.41 bits per heavy atom. The van der Waals surface area contributed by atoms with Gasteiger partial charge in [-0.05, 0) is 54.8 Å². The summed E-state index contributed by atoms with van der Waals surface area (Å²) in [5.41, 5.74) is 6.12. The van der Waals surface area contributed by atoms with E-state index in [1.54, 1.807) is 13.2 Å². The standard InChI is InChI=1S/C26H29N3O3/c1-18-6-4-5-7-23(18)24(17-25(28-32)22-12-13-27-19(2)16-22)20-8-10-21(11-9-20)26(31)29(3)14-15-30/h4-13,16,24,30,32H,14-15,17H2,1-3H3/t24-/m1/s1. The van der Waals surface area contributed by atoms with E-state index in [4.69, 9.17) is 5.11 Å². The van der Waals surface area contributed by atoms with E-state index in [9.17, 15) is 10.0 Å². The van der Waals surface area contributed by atoms with Crippen LogP contribution in [0.15, 0.2) is 72.0 Å². The second-order valence-electron chi connectivity index (χ2n) is 7.92. The molecule has 1 atom stereocenters. The lowest BCUT2D eigenvalue weighted by Crippen LogP contribution is -2.29. The van der Waals surface area contributed by atoms with Gasteiger partial charge in [0.2, 0.25) is 0 Å². The Bertz CT molecular complexity index is 1090. The maximum Gasteiger partial charge on any atom is 0.253 e. The normalized spacial score (nSPS) is 12.4. The molecule has 6 heteroatoms. The molecule has 166 valence electrons. The number of rotatable bonds is 8. The molecule has 3 rings (SSSR count). The molecule has 0 spiro atoms. The van der Waals surface area contributed by atoms with Crippen LogP contribution in [0.1, 0.15) is 50.6 Å². The fraction of sp³-hybridized carbons (Fsp3) is 0.269. The monoisotopic (exact) mass is 431 g/mol. The minimum absolute atomic E-state index is 0.0603. The van der Waals surface area contributed by atoms with Gasteiger partial charge in [-0.2, -0.15) is 0 Å². The zero-order valence-corrected chi connectivity index (χ0v) is 18.7. The zero-order valence-electron chi connectivity index (χ0n) is 18.7. The minimum atomic E-state index is -0.136. The van der Waals surface area contributed by atoms with Crippen molar-refractivity contribution in [2.24, 2.45) is 5.16 Å². The van der Waals surface area contributed by atoms with E-state index in [2.05, 4.69) is 29.2 Å². The van der Waals surface area contributed by atoms with Crippen molar-refractivity contribution in [2.75, 3.05) is 20.2 Å². The van der Waals surface area contributed by atoms with Crippen molar-refractivity contribution < 1.29 is 15.1 Å². The minimum Gasteiger partial charge on any atom is -0.411 e. The van der Waals surface area contributed by atoms with Gasteiger partial charge in [0.1, 0.15) is 0 Å². The van der Waals surface area contributed by atoms with Gasteiger partial charge < -0.3 is 15.2 Å². The van der Waals surface area contributed by atoms with Crippen molar-refractivity contribution in [3.05, 3.63) is 100 Å². The van der Waals surface area contributed by atoms with Gasteiger partial charge in [0.15, 0.2) is 0 Å². The number of hydrogen-bond acceptors (Lipinski definition) is 5. The summed E-state index contributed by atoms with van der Waals surface area (Å²) in [5, 5.41) is 22.5. The lowest BCUT2D eigenvalue weighted by Gasteiger charge is -2.22. The molecule has 0 aliphatic rings. The molecule has 0 saturated heterocycles. The second kappa shape index (κ2) is 10.7. The molecule has 2 aromatic carbocycles. The fourth-order valence-electron chi connectivity index (χ4n) is 3.85. The molecule has 6 nitrogen and oxygen atoms in total. The van der Waals surface area contributed by atoms with Crippen LogP contribution in [-0.2, 0) is 0 Å². The molecule has 1 amide bonds. The van der Waals surface area contributed by atoms with Crippen LogP contribution in [0.4, 0.5) is 0 Å². The summed E-state index contributed by atoms with van der Waals surface area (Å²) in [4.78, 5) is 18.3. The number of oxime groups is 1. The number of hydrogen-bond donors (Lipinski definition) is 2. The summed E-state index contributed by atoms with van der Waals surface area (Å²) in [6.07, 6.45) is 2.20. The largest absolute Gasteiger partial charge is 0.411 e. The summed E-state index contributed by atoms with van der Waals surface area (Å²) < 4.78 is 0. The molecule has 0 fully saturated rings. The number of nitrogens with zero attached hydrogens (tertiary/aromatic N) is 3. The molecule has 32 heavy (non-hydrogen) atoms.